The number of rotatable bonds is 7. The van der Waals surface area contributed by atoms with E-state index in [9.17, 15) is 4.79 Å². The third-order valence-corrected chi connectivity index (χ3v) is 4.47. The van der Waals surface area contributed by atoms with Gasteiger partial charge in [0.25, 0.3) is 5.91 Å². The molecule has 1 heterocycles. The molecule has 0 radical (unpaired) electrons. The van der Waals surface area contributed by atoms with E-state index in [0.717, 1.165) is 30.8 Å². The molecular formula is C13H26N2O2S. The minimum absolute atomic E-state index is 0.0679. The fraction of sp³-hybridized carbons (Fsp3) is 0.923. The first kappa shape index (κ1) is 15.8. The highest BCUT2D eigenvalue weighted by Gasteiger charge is 2.32. The van der Waals surface area contributed by atoms with Gasteiger partial charge in [0.1, 0.15) is 6.10 Å². The number of nitrogens with zero attached hydrogens (tertiary/aromatic N) is 1. The van der Waals surface area contributed by atoms with Crippen LogP contribution in [-0.4, -0.2) is 54.2 Å². The summed E-state index contributed by atoms with van der Waals surface area (Å²) in [6, 6.07) is 0.275. The normalized spacial score (nSPS) is 25.1. The fourth-order valence-corrected chi connectivity index (χ4v) is 2.89. The number of ether oxygens (including phenoxy) is 1. The maximum atomic E-state index is 12.2. The molecule has 1 fully saturated rings. The third-order valence-electron chi connectivity index (χ3n) is 3.54. The molecule has 0 aromatic carbocycles. The first-order valence-electron chi connectivity index (χ1n) is 6.80. The van der Waals surface area contributed by atoms with Gasteiger partial charge in [-0.25, -0.2) is 0 Å². The average molecular weight is 274 g/mol. The lowest BCUT2D eigenvalue weighted by Gasteiger charge is -2.27. The maximum absolute atomic E-state index is 12.2. The van der Waals surface area contributed by atoms with Gasteiger partial charge in [-0.3, -0.25) is 4.79 Å². The van der Waals surface area contributed by atoms with Gasteiger partial charge in [0, 0.05) is 19.6 Å². The summed E-state index contributed by atoms with van der Waals surface area (Å²) in [7, 11) is 1.88. The summed E-state index contributed by atoms with van der Waals surface area (Å²) in [6.45, 7) is 4.77. The molecule has 0 aromatic heterocycles. The van der Waals surface area contributed by atoms with E-state index < -0.39 is 0 Å². The van der Waals surface area contributed by atoms with Crippen molar-refractivity contribution in [2.45, 2.75) is 51.4 Å². The maximum Gasteiger partial charge on any atom is 0.251 e. The summed E-state index contributed by atoms with van der Waals surface area (Å²) < 4.78 is 5.65. The Kier molecular flexibility index (Phi) is 7.04. The number of amides is 1. The number of nitrogens with two attached hydrogens (primary N) is 1. The van der Waals surface area contributed by atoms with Crippen molar-refractivity contribution in [3.8, 4) is 0 Å². The van der Waals surface area contributed by atoms with Gasteiger partial charge < -0.3 is 15.4 Å². The Hall–Kier alpha value is -0.260. The lowest BCUT2D eigenvalue weighted by atomic mass is 10.1. The van der Waals surface area contributed by atoms with E-state index in [0.29, 0.717) is 6.54 Å². The van der Waals surface area contributed by atoms with Crippen LogP contribution in [0.3, 0.4) is 0 Å². The molecule has 0 aromatic rings. The predicted octanol–water partition coefficient (Wildman–Crippen LogP) is 1.48. The summed E-state index contributed by atoms with van der Waals surface area (Å²) in [4.78, 5) is 14.1. The molecule has 3 atom stereocenters. The zero-order chi connectivity index (χ0) is 13.5. The summed E-state index contributed by atoms with van der Waals surface area (Å²) in [5, 5.41) is 0. The SMILES string of the molecule is CCSCCC(C)N(C)C(=O)[C@@H]1CC[C@H](CN)O1. The zero-order valence-electron chi connectivity index (χ0n) is 11.7. The monoisotopic (exact) mass is 274 g/mol. The van der Waals surface area contributed by atoms with Crippen LogP contribution in [0.5, 0.6) is 0 Å². The minimum atomic E-state index is -0.273. The number of hydrogen-bond donors (Lipinski definition) is 1. The van der Waals surface area contributed by atoms with Crippen molar-refractivity contribution < 1.29 is 9.53 Å². The van der Waals surface area contributed by atoms with Gasteiger partial charge in [-0.05, 0) is 37.7 Å². The predicted molar refractivity (Wildman–Crippen MR) is 76.8 cm³/mol. The Morgan fingerprint density at radius 1 is 1.56 bits per heavy atom. The molecule has 0 aliphatic carbocycles. The molecule has 5 heteroatoms. The first-order valence-corrected chi connectivity index (χ1v) is 7.95. The summed E-state index contributed by atoms with van der Waals surface area (Å²) in [5.41, 5.74) is 5.56. The second-order valence-electron chi connectivity index (χ2n) is 4.84. The molecule has 18 heavy (non-hydrogen) atoms. The largest absolute Gasteiger partial charge is 0.364 e. The molecule has 1 saturated heterocycles. The molecule has 2 N–H and O–H groups in total. The Morgan fingerprint density at radius 2 is 2.28 bits per heavy atom. The molecule has 1 unspecified atom stereocenters. The van der Waals surface area contributed by atoms with Gasteiger partial charge in [-0.1, -0.05) is 6.92 Å². The van der Waals surface area contributed by atoms with Crippen molar-refractivity contribution in [1.82, 2.24) is 4.90 Å². The van der Waals surface area contributed by atoms with Crippen molar-refractivity contribution in [3.63, 3.8) is 0 Å². The van der Waals surface area contributed by atoms with Crippen LogP contribution in [0.4, 0.5) is 0 Å². The van der Waals surface area contributed by atoms with Crippen LogP contribution < -0.4 is 5.73 Å². The molecule has 0 bridgehead atoms. The smallest absolute Gasteiger partial charge is 0.251 e. The average Bonchev–Trinajstić information content (AvgIpc) is 2.85. The van der Waals surface area contributed by atoms with Crippen molar-refractivity contribution in [2.75, 3.05) is 25.1 Å². The summed E-state index contributed by atoms with van der Waals surface area (Å²) in [5.74, 6) is 2.35. The molecule has 0 saturated carbocycles. The molecule has 1 aliphatic heterocycles. The van der Waals surface area contributed by atoms with Crippen LogP contribution in [0.25, 0.3) is 0 Å². The van der Waals surface area contributed by atoms with Gasteiger partial charge in [0.05, 0.1) is 6.10 Å². The van der Waals surface area contributed by atoms with Gasteiger partial charge in [-0.15, -0.1) is 0 Å². The van der Waals surface area contributed by atoms with Gasteiger partial charge >= 0.3 is 0 Å². The van der Waals surface area contributed by atoms with E-state index >= 15 is 0 Å². The minimum Gasteiger partial charge on any atom is -0.364 e. The van der Waals surface area contributed by atoms with Crippen LogP contribution in [-0.2, 0) is 9.53 Å². The van der Waals surface area contributed by atoms with Crippen molar-refractivity contribution in [1.29, 1.82) is 0 Å². The third kappa shape index (κ3) is 4.44. The highest BCUT2D eigenvalue weighted by Crippen LogP contribution is 2.21. The summed E-state index contributed by atoms with van der Waals surface area (Å²) >= 11 is 1.92. The summed E-state index contributed by atoms with van der Waals surface area (Å²) in [6.07, 6.45) is 2.54. The van der Waals surface area contributed by atoms with Crippen LogP contribution in [0, 0.1) is 0 Å². The highest BCUT2D eigenvalue weighted by molar-refractivity contribution is 7.99. The van der Waals surface area contributed by atoms with Crippen molar-refractivity contribution >= 4 is 17.7 Å². The Bertz CT molecular complexity index is 263. The second-order valence-corrected chi connectivity index (χ2v) is 6.24. The number of carbonyl (C=O) groups excluding carboxylic acids is 1. The number of thioether (sulfide) groups is 1. The quantitative estimate of drug-likeness (QED) is 0.715. The zero-order valence-corrected chi connectivity index (χ0v) is 12.5. The molecule has 1 amide bonds. The highest BCUT2D eigenvalue weighted by atomic mass is 32.2. The Labute approximate surface area is 115 Å². The molecule has 1 aliphatic rings. The van der Waals surface area contributed by atoms with Gasteiger partial charge in [0.2, 0.25) is 0 Å². The topological polar surface area (TPSA) is 55.6 Å². The number of hydrogen-bond acceptors (Lipinski definition) is 4. The molecule has 106 valence electrons. The molecule has 0 spiro atoms. The van der Waals surface area contributed by atoms with Crippen LogP contribution >= 0.6 is 11.8 Å². The van der Waals surface area contributed by atoms with Crippen LogP contribution in [0.1, 0.15) is 33.1 Å². The molecule has 4 nitrogen and oxygen atoms in total. The Balaban J connectivity index is 2.36. The van der Waals surface area contributed by atoms with Crippen LogP contribution in [0.15, 0.2) is 0 Å². The molecular weight excluding hydrogens is 248 g/mol. The van der Waals surface area contributed by atoms with E-state index in [2.05, 4.69) is 13.8 Å². The fourth-order valence-electron chi connectivity index (χ4n) is 2.10. The molecule has 1 rings (SSSR count). The first-order chi connectivity index (χ1) is 8.60. The van der Waals surface area contributed by atoms with Gasteiger partial charge in [-0.2, -0.15) is 11.8 Å². The van der Waals surface area contributed by atoms with Crippen LogP contribution in [0.2, 0.25) is 0 Å². The Morgan fingerprint density at radius 3 is 2.83 bits per heavy atom. The number of likely N-dealkylation sites (N-methyl/N-ethyl adjacent to an activating group) is 1. The van der Waals surface area contributed by atoms with E-state index in [1.165, 1.54) is 0 Å². The van der Waals surface area contributed by atoms with E-state index in [4.69, 9.17) is 10.5 Å². The van der Waals surface area contributed by atoms with E-state index in [-0.39, 0.29) is 24.2 Å². The lowest BCUT2D eigenvalue weighted by Crippen LogP contribution is -2.42. The van der Waals surface area contributed by atoms with Crippen molar-refractivity contribution in [2.24, 2.45) is 5.73 Å². The number of carbonyl (C=O) groups is 1. The van der Waals surface area contributed by atoms with Crippen molar-refractivity contribution in [3.05, 3.63) is 0 Å². The lowest BCUT2D eigenvalue weighted by molar-refractivity contribution is -0.143. The standard InChI is InChI=1S/C13H26N2O2S/c1-4-18-8-7-10(2)15(3)13(16)12-6-5-11(9-14)17-12/h10-12H,4-9,14H2,1-3H3/t10?,11-,12+/m1/s1. The second kappa shape index (κ2) is 8.02. The van der Waals surface area contributed by atoms with E-state index in [1.54, 1.807) is 0 Å². The van der Waals surface area contributed by atoms with Gasteiger partial charge in [0.15, 0.2) is 0 Å². The van der Waals surface area contributed by atoms with E-state index in [1.807, 2.05) is 23.7 Å².